The lowest BCUT2D eigenvalue weighted by atomic mass is 10.1. The van der Waals surface area contributed by atoms with Crippen molar-refractivity contribution in [3.8, 4) is 11.5 Å². The third-order valence-electron chi connectivity index (χ3n) is 1.82. The number of rotatable bonds is 3. The number of benzene rings is 1. The molecule has 1 unspecified atom stereocenters. The van der Waals surface area contributed by atoms with Crippen LogP contribution in [0.1, 0.15) is 24.8 Å². The summed E-state index contributed by atoms with van der Waals surface area (Å²) in [5.74, 6) is 0.113. The Labute approximate surface area is 98.1 Å². The summed E-state index contributed by atoms with van der Waals surface area (Å²) >= 11 is 0. The summed E-state index contributed by atoms with van der Waals surface area (Å²) in [7, 11) is 0. The first-order valence-corrected chi connectivity index (χ1v) is 3.96. The minimum absolute atomic E-state index is 0.0100. The Hall–Kier alpha value is -1.22. The predicted molar refractivity (Wildman–Crippen MR) is 54.8 cm³/mol. The first-order valence-electron chi connectivity index (χ1n) is 8.91. The third kappa shape index (κ3) is 1.82. The molecule has 0 aromatic heterocycles. The van der Waals surface area contributed by atoms with Crippen molar-refractivity contribution in [1.82, 2.24) is 5.31 Å². The second-order valence-corrected chi connectivity index (χ2v) is 2.80. The van der Waals surface area contributed by atoms with Crippen LogP contribution in [0.2, 0.25) is 1.41 Å². The minimum Gasteiger partial charge on any atom is -0.454 e. The molecule has 0 bridgehead atoms. The molecule has 0 saturated carbocycles. The Kier molecular flexibility index (Phi) is 0.869. The number of hydrogen-bond acceptors (Lipinski definition) is 3. The molecule has 1 N–H and O–H groups in total. The van der Waals surface area contributed by atoms with Gasteiger partial charge in [-0.3, -0.25) is 0 Å². The summed E-state index contributed by atoms with van der Waals surface area (Å²) in [6.45, 7) is -8.53. The highest BCUT2D eigenvalue weighted by atomic mass is 16.7. The topological polar surface area (TPSA) is 30.5 Å². The van der Waals surface area contributed by atoms with E-state index < -0.39 is 33.0 Å². The fourth-order valence-corrected chi connectivity index (χ4v) is 1.17. The van der Waals surface area contributed by atoms with Crippen LogP contribution >= 0.6 is 0 Å². The first-order chi connectivity index (χ1) is 10.7. The summed E-state index contributed by atoms with van der Waals surface area (Å²) < 4.78 is 84.3. The molecule has 3 heteroatoms. The van der Waals surface area contributed by atoms with Crippen molar-refractivity contribution in [2.24, 2.45) is 0 Å². The van der Waals surface area contributed by atoms with Gasteiger partial charge >= 0.3 is 0 Å². The monoisotopic (exact) mass is 203 g/mol. The molecule has 0 saturated heterocycles. The van der Waals surface area contributed by atoms with E-state index in [4.69, 9.17) is 23.2 Å². The molecule has 3 nitrogen and oxygen atoms in total. The fourth-order valence-electron chi connectivity index (χ4n) is 1.17. The molecule has 1 aliphatic rings. The summed E-state index contributed by atoms with van der Waals surface area (Å²) in [5, 5.41) is -0.211. The first kappa shape index (κ1) is 3.14. The summed E-state index contributed by atoms with van der Waals surface area (Å²) in [5.41, 5.74) is 0.197. The van der Waals surface area contributed by atoms with Crippen LogP contribution in [0, 0.1) is 0 Å². The Balaban J connectivity index is 2.36. The van der Waals surface area contributed by atoms with E-state index in [0.717, 1.165) is 0 Å². The van der Waals surface area contributed by atoms with Gasteiger partial charge in [-0.05, 0) is 37.9 Å². The van der Waals surface area contributed by atoms with Crippen molar-refractivity contribution in [3.05, 3.63) is 23.8 Å². The molecule has 1 aliphatic heterocycles. The van der Waals surface area contributed by atoms with Crippen LogP contribution in [0.15, 0.2) is 18.2 Å². The Bertz CT molecular complexity index is 628. The number of fused-ring (bicyclic) bond motifs is 1. The smallest absolute Gasteiger partial charge is 0.231 e. The maximum absolute atomic E-state index is 8.12. The standard InChI is InChI=1S/C11H15NO2/c1-8(12-2)5-9-3-4-10-11(6-9)14-7-13-10/h3-4,6,8,12H,5,7H2,1-2H3/i1D3,2D3,7D2,8D/hD. The molecule has 0 radical (unpaired) electrons. The van der Waals surface area contributed by atoms with Crippen LogP contribution in [0.5, 0.6) is 11.5 Å². The average molecular weight is 203 g/mol. The average Bonchev–Trinajstić information content (AvgIpc) is 2.68. The lowest BCUT2D eigenvalue weighted by molar-refractivity contribution is 0.174. The van der Waals surface area contributed by atoms with E-state index in [1.165, 1.54) is 18.2 Å². The molecule has 2 rings (SSSR count). The van der Waals surface area contributed by atoms with Gasteiger partial charge in [-0.1, -0.05) is 6.07 Å². The molecular weight excluding hydrogens is 178 g/mol. The van der Waals surface area contributed by atoms with Crippen LogP contribution in [-0.2, 0) is 6.42 Å². The van der Waals surface area contributed by atoms with Crippen LogP contribution in [0.4, 0.5) is 0 Å². The van der Waals surface area contributed by atoms with Crippen molar-refractivity contribution in [3.63, 3.8) is 0 Å². The minimum atomic E-state index is -3.09. The van der Waals surface area contributed by atoms with E-state index >= 15 is 0 Å². The molecule has 0 amide bonds. The number of nitrogens with one attached hydrogen (secondary N) is 1. The molecule has 1 atom stereocenters. The van der Waals surface area contributed by atoms with Gasteiger partial charge in [0.2, 0.25) is 6.75 Å². The lowest BCUT2D eigenvalue weighted by Crippen LogP contribution is -2.23. The van der Waals surface area contributed by atoms with Crippen molar-refractivity contribution in [1.29, 1.82) is 0 Å². The zero-order valence-corrected chi connectivity index (χ0v) is 7.20. The van der Waals surface area contributed by atoms with Crippen LogP contribution in [-0.4, -0.2) is 19.7 Å². The SMILES string of the molecule is [2H]N(C([2H])([2H])[2H])C([2H])(Cc1ccc2c(c1)OC([2H])([2H])O2)C([2H])([2H])[2H]. The van der Waals surface area contributed by atoms with Crippen molar-refractivity contribution >= 4 is 0 Å². The molecule has 76 valence electrons. The predicted octanol–water partition coefficient (Wildman–Crippen LogP) is 1.57. The van der Waals surface area contributed by atoms with Crippen LogP contribution in [0.25, 0.3) is 0 Å². The number of likely N-dealkylation sites (N-methyl/N-ethyl adjacent to an activating group) is 1. The van der Waals surface area contributed by atoms with Crippen molar-refractivity contribution < 1.29 is 23.2 Å². The Morgan fingerprint density at radius 2 is 2.64 bits per heavy atom. The van der Waals surface area contributed by atoms with Crippen molar-refractivity contribution in [2.75, 3.05) is 13.7 Å². The van der Waals surface area contributed by atoms with Gasteiger partial charge in [0.05, 0.1) is 0 Å². The maximum atomic E-state index is 8.12. The van der Waals surface area contributed by atoms with Gasteiger partial charge in [-0.2, -0.15) is 0 Å². The van der Waals surface area contributed by atoms with E-state index in [2.05, 4.69) is 0 Å². The van der Waals surface area contributed by atoms with Gasteiger partial charge in [0.1, 0.15) is 4.15 Å². The molecule has 14 heavy (non-hydrogen) atoms. The molecule has 0 spiro atoms. The van der Waals surface area contributed by atoms with Gasteiger partial charge in [-0.15, -0.1) is 0 Å². The third-order valence-corrected chi connectivity index (χ3v) is 1.82. The number of hydrogen-bond donors (Lipinski definition) is 1. The Morgan fingerprint density at radius 3 is 3.50 bits per heavy atom. The van der Waals surface area contributed by atoms with E-state index in [1.807, 2.05) is 0 Å². The van der Waals surface area contributed by atoms with Gasteiger partial charge in [0, 0.05) is 15.6 Å². The van der Waals surface area contributed by atoms with Crippen molar-refractivity contribution in [2.45, 2.75) is 19.3 Å². The highest BCUT2D eigenvalue weighted by Gasteiger charge is 2.13. The quantitative estimate of drug-likeness (QED) is 0.809. The molecule has 1 aromatic carbocycles. The highest BCUT2D eigenvalue weighted by molar-refractivity contribution is 5.44. The number of ether oxygens (including phenoxy) is 2. The zero-order valence-electron chi connectivity index (χ0n) is 17.2. The summed E-state index contributed by atoms with van der Waals surface area (Å²) in [6.07, 6.45) is -0.606. The second kappa shape index (κ2) is 3.88. The van der Waals surface area contributed by atoms with Gasteiger partial charge in [0.25, 0.3) is 0 Å². The van der Waals surface area contributed by atoms with Gasteiger partial charge in [0.15, 0.2) is 11.5 Å². The maximum Gasteiger partial charge on any atom is 0.231 e. The summed E-state index contributed by atoms with van der Waals surface area (Å²) in [6, 6.07) is 1.23. The highest BCUT2D eigenvalue weighted by Crippen LogP contribution is 2.32. The largest absolute Gasteiger partial charge is 0.454 e. The fraction of sp³-hybridized carbons (Fsp3) is 0.455. The zero-order chi connectivity index (χ0) is 18.6. The summed E-state index contributed by atoms with van der Waals surface area (Å²) in [4.78, 5) is 0. The molecule has 1 aromatic rings. The Morgan fingerprint density at radius 1 is 1.71 bits per heavy atom. The lowest BCUT2D eigenvalue weighted by Gasteiger charge is -2.09. The van der Waals surface area contributed by atoms with Gasteiger partial charge in [-0.25, -0.2) is 0 Å². The van der Waals surface area contributed by atoms with E-state index in [0.29, 0.717) is 0 Å². The van der Waals surface area contributed by atoms with E-state index in [9.17, 15) is 0 Å². The molecule has 0 aliphatic carbocycles. The van der Waals surface area contributed by atoms with E-state index in [-0.39, 0.29) is 22.4 Å². The van der Waals surface area contributed by atoms with Gasteiger partial charge < -0.3 is 14.8 Å². The van der Waals surface area contributed by atoms with Crippen LogP contribution < -0.4 is 14.8 Å². The normalized spacial score (nSPS) is 34.1. The second-order valence-electron chi connectivity index (χ2n) is 2.80. The van der Waals surface area contributed by atoms with E-state index in [1.54, 1.807) is 0 Å². The molecule has 0 fully saturated rings. The molecular formula is C11H15NO2. The van der Waals surface area contributed by atoms with Crippen LogP contribution in [0.3, 0.4) is 0 Å². The molecule has 1 heterocycles.